The van der Waals surface area contributed by atoms with Gasteiger partial charge in [-0.25, -0.2) is 9.67 Å². The lowest BCUT2D eigenvalue weighted by molar-refractivity contribution is 0.366. The fraction of sp³-hybridized carbons (Fsp3) is 0.412. The molecule has 11 nitrogen and oxygen atoms in total. The lowest BCUT2D eigenvalue weighted by Crippen LogP contribution is -2.25. The second-order valence-corrected chi connectivity index (χ2v) is 7.49. The van der Waals surface area contributed by atoms with Crippen LogP contribution < -0.4 is 16.2 Å². The van der Waals surface area contributed by atoms with Crippen LogP contribution in [-0.4, -0.2) is 52.4 Å². The van der Waals surface area contributed by atoms with Crippen LogP contribution in [0.25, 0.3) is 16.8 Å². The van der Waals surface area contributed by atoms with E-state index < -0.39 is 0 Å². The molecule has 3 N–H and O–H groups in total. The number of aromatic amines is 1. The summed E-state index contributed by atoms with van der Waals surface area (Å²) in [6, 6.07) is 1.90. The van der Waals surface area contributed by atoms with Crippen LogP contribution in [0.1, 0.15) is 26.5 Å². The summed E-state index contributed by atoms with van der Waals surface area (Å²) in [5.74, 6) is 1.74. The van der Waals surface area contributed by atoms with Gasteiger partial charge in [0, 0.05) is 24.8 Å². The summed E-state index contributed by atoms with van der Waals surface area (Å²) in [6.07, 6.45) is 3.01. The number of aromatic nitrogens is 8. The largest absolute Gasteiger partial charge is 0.368 e. The molecule has 0 spiro atoms. The fourth-order valence-electron chi connectivity index (χ4n) is 2.92. The Hall–Kier alpha value is -3.50. The van der Waals surface area contributed by atoms with Crippen molar-refractivity contribution >= 4 is 28.6 Å². The first kappa shape index (κ1) is 17.9. The Bertz CT molecular complexity index is 1200. The molecule has 0 saturated heterocycles. The number of hydrogen-bond acceptors (Lipinski definition) is 8. The van der Waals surface area contributed by atoms with E-state index in [0.29, 0.717) is 35.8 Å². The van der Waals surface area contributed by atoms with Crippen molar-refractivity contribution in [3.05, 3.63) is 34.6 Å². The molecular weight excluding hydrogens is 360 g/mol. The quantitative estimate of drug-likeness (QED) is 0.438. The minimum atomic E-state index is -0.274. The van der Waals surface area contributed by atoms with Crippen molar-refractivity contribution in [3.8, 4) is 0 Å². The molecule has 0 aliphatic heterocycles. The Balaban J connectivity index is 1.48. The number of fused-ring (bicyclic) bond motifs is 2. The standard InChI is InChI=1S/C17H22N10O/c1-10-7-12(26-16(23-10)20-9-22-26)18-5-6-19-15-24-13-11(14(28)25-15)8-21-27(13)17(2,3)4/h7-9,18H,5-6H2,1-4H3,(H2,19,24,25,28). The van der Waals surface area contributed by atoms with Crippen molar-refractivity contribution in [2.45, 2.75) is 33.2 Å². The van der Waals surface area contributed by atoms with E-state index >= 15 is 0 Å². The topological polar surface area (TPSA) is 131 Å². The Morgan fingerprint density at radius 1 is 1.14 bits per heavy atom. The Morgan fingerprint density at radius 2 is 1.93 bits per heavy atom. The van der Waals surface area contributed by atoms with Crippen LogP contribution in [0.4, 0.5) is 11.8 Å². The fourth-order valence-corrected chi connectivity index (χ4v) is 2.92. The number of H-pyrrole nitrogens is 1. The van der Waals surface area contributed by atoms with E-state index in [1.807, 2.05) is 33.8 Å². The molecule has 0 aliphatic rings. The number of rotatable bonds is 5. The van der Waals surface area contributed by atoms with Gasteiger partial charge in [0.1, 0.15) is 17.5 Å². The molecule has 11 heteroatoms. The molecule has 0 unspecified atom stereocenters. The van der Waals surface area contributed by atoms with Gasteiger partial charge in [0.2, 0.25) is 5.95 Å². The van der Waals surface area contributed by atoms with Crippen LogP contribution in [0.3, 0.4) is 0 Å². The summed E-state index contributed by atoms with van der Waals surface area (Å²) in [5, 5.41) is 15.4. The highest BCUT2D eigenvalue weighted by Gasteiger charge is 2.19. The van der Waals surface area contributed by atoms with E-state index in [1.165, 1.54) is 6.33 Å². The van der Waals surface area contributed by atoms with E-state index in [-0.39, 0.29) is 11.1 Å². The first-order valence-corrected chi connectivity index (χ1v) is 8.96. The normalized spacial score (nSPS) is 12.0. The molecule has 4 heterocycles. The third-order valence-electron chi connectivity index (χ3n) is 4.18. The lowest BCUT2D eigenvalue weighted by atomic mass is 10.1. The van der Waals surface area contributed by atoms with E-state index in [4.69, 9.17) is 0 Å². The van der Waals surface area contributed by atoms with Crippen LogP contribution in [0, 0.1) is 6.92 Å². The molecule has 0 bridgehead atoms. The van der Waals surface area contributed by atoms with Gasteiger partial charge in [-0.05, 0) is 27.7 Å². The monoisotopic (exact) mass is 382 g/mol. The molecule has 4 aromatic heterocycles. The molecule has 0 saturated carbocycles. The predicted molar refractivity (Wildman–Crippen MR) is 106 cm³/mol. The highest BCUT2D eigenvalue weighted by Crippen LogP contribution is 2.18. The van der Waals surface area contributed by atoms with Gasteiger partial charge in [-0.15, -0.1) is 0 Å². The average Bonchev–Trinajstić information content (AvgIpc) is 3.24. The van der Waals surface area contributed by atoms with Crippen molar-refractivity contribution in [1.29, 1.82) is 0 Å². The van der Waals surface area contributed by atoms with E-state index in [2.05, 4.69) is 40.8 Å². The van der Waals surface area contributed by atoms with Crippen LogP contribution in [0.5, 0.6) is 0 Å². The van der Waals surface area contributed by atoms with E-state index in [1.54, 1.807) is 15.4 Å². The number of nitrogens with zero attached hydrogens (tertiary/aromatic N) is 7. The summed E-state index contributed by atoms with van der Waals surface area (Å²) < 4.78 is 3.39. The summed E-state index contributed by atoms with van der Waals surface area (Å²) in [5.41, 5.74) is 0.915. The molecule has 0 aliphatic carbocycles. The molecule has 0 fully saturated rings. The van der Waals surface area contributed by atoms with Crippen molar-refractivity contribution in [2.75, 3.05) is 23.7 Å². The van der Waals surface area contributed by atoms with Gasteiger partial charge in [0.05, 0.1) is 11.7 Å². The Labute approximate surface area is 160 Å². The third-order valence-corrected chi connectivity index (χ3v) is 4.18. The molecule has 0 atom stereocenters. The number of nitrogens with one attached hydrogen (secondary N) is 3. The van der Waals surface area contributed by atoms with E-state index in [9.17, 15) is 4.79 Å². The molecule has 0 amide bonds. The zero-order valence-electron chi connectivity index (χ0n) is 16.2. The number of hydrogen-bond donors (Lipinski definition) is 3. The van der Waals surface area contributed by atoms with Gasteiger partial charge in [-0.2, -0.15) is 24.7 Å². The molecular formula is C17H22N10O. The van der Waals surface area contributed by atoms with Gasteiger partial charge >= 0.3 is 0 Å². The van der Waals surface area contributed by atoms with Crippen LogP contribution in [0.2, 0.25) is 0 Å². The van der Waals surface area contributed by atoms with Gasteiger partial charge in [-0.3, -0.25) is 9.78 Å². The molecule has 0 aromatic carbocycles. The average molecular weight is 382 g/mol. The number of aryl methyl sites for hydroxylation is 1. The number of anilines is 2. The lowest BCUT2D eigenvalue weighted by Gasteiger charge is -2.19. The molecule has 4 rings (SSSR count). The SMILES string of the molecule is Cc1cc(NCCNc2nc3c(cnn3C(C)(C)C)c(=O)[nH]2)n2ncnc2n1. The van der Waals surface area contributed by atoms with Crippen LogP contribution >= 0.6 is 0 Å². The minimum absolute atomic E-state index is 0.218. The van der Waals surface area contributed by atoms with Crippen molar-refractivity contribution in [2.24, 2.45) is 0 Å². The summed E-state index contributed by atoms with van der Waals surface area (Å²) in [6.45, 7) is 9.07. The van der Waals surface area contributed by atoms with Crippen LogP contribution in [0.15, 0.2) is 23.4 Å². The van der Waals surface area contributed by atoms with Gasteiger partial charge in [0.25, 0.3) is 11.3 Å². The highest BCUT2D eigenvalue weighted by molar-refractivity contribution is 5.74. The van der Waals surface area contributed by atoms with Crippen molar-refractivity contribution in [3.63, 3.8) is 0 Å². The Morgan fingerprint density at radius 3 is 2.71 bits per heavy atom. The first-order valence-electron chi connectivity index (χ1n) is 8.96. The highest BCUT2D eigenvalue weighted by atomic mass is 16.1. The summed E-state index contributed by atoms with van der Waals surface area (Å²) in [7, 11) is 0. The zero-order chi connectivity index (χ0) is 19.9. The second-order valence-electron chi connectivity index (χ2n) is 7.49. The van der Waals surface area contributed by atoms with Gasteiger partial charge in [0.15, 0.2) is 5.65 Å². The minimum Gasteiger partial charge on any atom is -0.368 e. The molecule has 0 radical (unpaired) electrons. The molecule has 4 aromatic rings. The van der Waals surface area contributed by atoms with E-state index in [0.717, 1.165) is 11.5 Å². The molecule has 28 heavy (non-hydrogen) atoms. The van der Waals surface area contributed by atoms with Crippen molar-refractivity contribution < 1.29 is 0 Å². The van der Waals surface area contributed by atoms with Crippen LogP contribution in [-0.2, 0) is 5.54 Å². The third kappa shape index (κ3) is 3.26. The van der Waals surface area contributed by atoms with Crippen molar-refractivity contribution in [1.82, 2.24) is 39.3 Å². The zero-order valence-corrected chi connectivity index (χ0v) is 16.2. The smallest absolute Gasteiger partial charge is 0.263 e. The van der Waals surface area contributed by atoms with Gasteiger partial charge in [-0.1, -0.05) is 0 Å². The second kappa shape index (κ2) is 6.59. The first-order chi connectivity index (χ1) is 13.3. The maximum Gasteiger partial charge on any atom is 0.263 e. The maximum absolute atomic E-state index is 12.3. The maximum atomic E-state index is 12.3. The van der Waals surface area contributed by atoms with Gasteiger partial charge < -0.3 is 10.6 Å². The summed E-state index contributed by atoms with van der Waals surface area (Å²) >= 11 is 0. The predicted octanol–water partition coefficient (Wildman–Crippen LogP) is 1.14. The summed E-state index contributed by atoms with van der Waals surface area (Å²) in [4.78, 5) is 28.0. The molecule has 146 valence electrons. The Kier molecular flexibility index (Phi) is 4.21.